The molecule has 1 aliphatic carbocycles. The van der Waals surface area contributed by atoms with Crippen LogP contribution in [-0.4, -0.2) is 22.1 Å². The molecule has 0 unspecified atom stereocenters. The quantitative estimate of drug-likeness (QED) is 0.130. The summed E-state index contributed by atoms with van der Waals surface area (Å²) in [5, 5.41) is 6.28. The van der Waals surface area contributed by atoms with Crippen LogP contribution < -0.4 is 0 Å². The van der Waals surface area contributed by atoms with Crippen molar-refractivity contribution in [2.45, 2.75) is 54.7 Å². The molecule has 0 saturated carbocycles. The number of aromatic nitrogens is 3. The molecule has 3 aromatic heterocycles. The first-order chi connectivity index (χ1) is 47.4. The fourth-order valence-electron chi connectivity index (χ4n) is 16.5. The third kappa shape index (κ3) is 9.30. The third-order valence-corrected chi connectivity index (χ3v) is 22.4. The molecular formula is C91H67N3O2S. The Labute approximate surface area is 565 Å². The lowest BCUT2D eigenvalue weighted by Gasteiger charge is -2.32. The van der Waals surface area contributed by atoms with Gasteiger partial charge in [-0.25, -0.2) is 8.42 Å². The second kappa shape index (κ2) is 22.3. The molecule has 17 aromatic rings. The molecule has 0 spiro atoms. The summed E-state index contributed by atoms with van der Waals surface area (Å²) in [4.78, 5) is 0.536. The third-order valence-electron chi connectivity index (χ3n) is 20.5. The predicted octanol–water partition coefficient (Wildman–Crippen LogP) is 23.8. The van der Waals surface area contributed by atoms with Crippen molar-refractivity contribution in [3.63, 3.8) is 0 Å². The predicted molar refractivity (Wildman–Crippen MR) is 405 cm³/mol. The molecule has 14 aromatic carbocycles. The van der Waals surface area contributed by atoms with Gasteiger partial charge in [0.05, 0.1) is 55.1 Å². The summed E-state index contributed by atoms with van der Waals surface area (Å²) in [5.74, 6) is 0. The molecule has 0 radical (unpaired) electrons. The van der Waals surface area contributed by atoms with E-state index in [0.717, 1.165) is 155 Å². The van der Waals surface area contributed by atoms with E-state index in [-0.39, 0.29) is 4.90 Å². The molecule has 3 heterocycles. The molecule has 5 nitrogen and oxygen atoms in total. The fourth-order valence-corrected chi connectivity index (χ4v) is 18.4. The van der Waals surface area contributed by atoms with Crippen molar-refractivity contribution in [2.75, 3.05) is 0 Å². The van der Waals surface area contributed by atoms with Crippen LogP contribution in [0, 0.1) is 0 Å². The van der Waals surface area contributed by atoms with Gasteiger partial charge in [0.2, 0.25) is 9.84 Å². The van der Waals surface area contributed by atoms with Crippen molar-refractivity contribution < 1.29 is 8.42 Å². The van der Waals surface area contributed by atoms with Gasteiger partial charge in [0.1, 0.15) is 4.90 Å². The summed E-state index contributed by atoms with van der Waals surface area (Å²) in [6.45, 7) is 9.26. The van der Waals surface area contributed by atoms with Gasteiger partial charge in [0.15, 0.2) is 0 Å². The molecule has 464 valence electrons. The first-order valence-corrected chi connectivity index (χ1v) is 35.0. The molecular weight excluding hydrogens is 1200 g/mol. The smallest absolute Gasteiger partial charge is 0.209 e. The van der Waals surface area contributed by atoms with Crippen molar-refractivity contribution >= 4 is 75.3 Å². The first kappa shape index (κ1) is 58.0. The van der Waals surface area contributed by atoms with Crippen molar-refractivity contribution in [3.05, 3.63) is 333 Å². The average Bonchev–Trinajstić information content (AvgIpc) is 1.36. The Morgan fingerprint density at radius 3 is 0.742 bits per heavy atom. The van der Waals surface area contributed by atoms with Crippen molar-refractivity contribution in [1.29, 1.82) is 0 Å². The summed E-state index contributed by atoms with van der Waals surface area (Å²) in [7, 11) is -4.47. The Hall–Kier alpha value is -11.6. The molecule has 0 saturated heterocycles. The van der Waals surface area contributed by atoms with Crippen LogP contribution in [0.5, 0.6) is 0 Å². The molecule has 0 N–H and O–H groups in total. The van der Waals surface area contributed by atoms with Crippen molar-refractivity contribution in [1.82, 2.24) is 13.7 Å². The van der Waals surface area contributed by atoms with Gasteiger partial charge in [0.25, 0.3) is 0 Å². The lowest BCUT2D eigenvalue weighted by Crippen LogP contribution is -2.23. The summed E-state index contributed by atoms with van der Waals surface area (Å²) in [6, 6.07) is 114. The van der Waals surface area contributed by atoms with Crippen LogP contribution in [0.25, 0.3) is 149 Å². The van der Waals surface area contributed by atoms with E-state index >= 15 is 8.42 Å². The van der Waals surface area contributed by atoms with Gasteiger partial charge in [-0.1, -0.05) is 264 Å². The number of sulfone groups is 1. The maximum atomic E-state index is 17.5. The molecule has 97 heavy (non-hydrogen) atoms. The highest BCUT2D eigenvalue weighted by Crippen LogP contribution is 2.60. The second-order valence-electron chi connectivity index (χ2n) is 27.5. The van der Waals surface area contributed by atoms with E-state index in [0.29, 0.717) is 17.0 Å². The monoisotopic (exact) mass is 1270 g/mol. The van der Waals surface area contributed by atoms with E-state index in [2.05, 4.69) is 333 Å². The van der Waals surface area contributed by atoms with Crippen LogP contribution in [-0.2, 0) is 20.7 Å². The molecule has 0 bridgehead atoms. The van der Waals surface area contributed by atoms with Gasteiger partial charge in [-0.3, -0.25) is 0 Å². The van der Waals surface area contributed by atoms with E-state index in [1.54, 1.807) is 12.1 Å². The number of fused-ring (bicyclic) bond motifs is 10. The molecule has 0 atom stereocenters. The average molecular weight is 1270 g/mol. The van der Waals surface area contributed by atoms with Gasteiger partial charge in [0, 0.05) is 32.3 Å². The van der Waals surface area contributed by atoms with E-state index < -0.39 is 20.7 Å². The number of hydrogen-bond donors (Lipinski definition) is 0. The van der Waals surface area contributed by atoms with Crippen LogP contribution >= 0.6 is 0 Å². The summed E-state index contributed by atoms with van der Waals surface area (Å²) < 4.78 is 42.5. The highest BCUT2D eigenvalue weighted by Gasteiger charge is 2.51. The van der Waals surface area contributed by atoms with Crippen molar-refractivity contribution in [2.24, 2.45) is 0 Å². The highest BCUT2D eigenvalue weighted by molar-refractivity contribution is 7.91. The topological polar surface area (TPSA) is 48.9 Å². The maximum Gasteiger partial charge on any atom is 0.209 e. The largest absolute Gasteiger partial charge is 0.307 e. The summed E-state index contributed by atoms with van der Waals surface area (Å²) in [6.07, 6.45) is 0.665. The maximum absolute atomic E-state index is 17.5. The minimum atomic E-state index is -4.47. The van der Waals surface area contributed by atoms with Gasteiger partial charge in [-0.05, 0) is 180 Å². The second-order valence-corrected chi connectivity index (χ2v) is 29.4. The molecule has 0 fully saturated rings. The van der Waals surface area contributed by atoms with E-state index in [1.807, 2.05) is 18.2 Å². The summed E-state index contributed by atoms with van der Waals surface area (Å²) in [5.41, 5.74) is 21.6. The minimum absolute atomic E-state index is 0.233. The number of benzene rings is 14. The van der Waals surface area contributed by atoms with E-state index in [4.69, 9.17) is 0 Å². The molecule has 1 aliphatic rings. The van der Waals surface area contributed by atoms with Crippen molar-refractivity contribution in [3.8, 4) is 83.8 Å². The van der Waals surface area contributed by atoms with Crippen LogP contribution in [0.1, 0.15) is 45.2 Å². The number of rotatable bonds is 11. The highest BCUT2D eigenvalue weighted by atomic mass is 32.2. The zero-order chi connectivity index (χ0) is 65.3. The molecule has 18 rings (SSSR count). The van der Waals surface area contributed by atoms with Gasteiger partial charge < -0.3 is 13.7 Å². The fraction of sp³-hybridized carbons (Fsp3) is 0.0769. The van der Waals surface area contributed by atoms with Crippen LogP contribution in [0.15, 0.2) is 331 Å². The van der Waals surface area contributed by atoms with Gasteiger partial charge in [-0.2, -0.15) is 0 Å². The lowest BCUT2D eigenvalue weighted by molar-refractivity contribution is 0.400. The Kier molecular flexibility index (Phi) is 13.3. The lowest BCUT2D eigenvalue weighted by atomic mass is 9.81. The zero-order valence-electron chi connectivity index (χ0n) is 54.4. The Bertz CT molecular complexity index is 5820. The zero-order valence-corrected chi connectivity index (χ0v) is 55.2. The van der Waals surface area contributed by atoms with Crippen LogP contribution in [0.2, 0.25) is 0 Å². The molecule has 0 amide bonds. The minimum Gasteiger partial charge on any atom is -0.307 e. The Balaban J connectivity index is 1.11. The standard InChI is InChI=1S/C91H67N3O2S/c1-90(2)58-91(3,4)85-84(90)86(92-78-46-40-65(59-26-12-5-13-27-59)52-72(78)73-53-66(41-47-79(73)92)60-28-14-6-15-29-60)87(93-80-48-42-67(61-30-16-7-17-31-61)54-74(80)75-55-68(43-49-81(75)93)62-32-18-8-19-33-62)88(89(85)97(95,96)71-38-24-11-25-39-71)94-82-50-44-69(63-34-20-9-21-35-63)56-76(82)77-57-70(45-51-83(77)94)64-36-22-10-23-37-64/h5-57H,58H2,1-4H3. The van der Waals surface area contributed by atoms with Gasteiger partial charge >= 0.3 is 0 Å². The number of hydrogen-bond acceptors (Lipinski definition) is 2. The Morgan fingerprint density at radius 2 is 0.474 bits per heavy atom. The van der Waals surface area contributed by atoms with Gasteiger partial charge in [-0.15, -0.1) is 0 Å². The number of nitrogens with zero attached hydrogens (tertiary/aromatic N) is 3. The normalized spacial score (nSPS) is 13.6. The van der Waals surface area contributed by atoms with E-state index in [9.17, 15) is 0 Å². The molecule has 6 heteroatoms. The Morgan fingerprint density at radius 1 is 0.247 bits per heavy atom. The first-order valence-electron chi connectivity index (χ1n) is 33.5. The molecule has 0 aliphatic heterocycles. The SMILES string of the molecule is CC1(C)CC(C)(C)c2c1c(-n1c3ccc(-c4ccccc4)cc3c3cc(-c4ccccc4)ccc31)c(-n1c3ccc(-c4ccccc4)cc3c3cc(-c4ccccc4)ccc31)c(-n1c3ccc(-c4ccccc4)cc3c3cc(-c4ccccc4)ccc31)c2S(=O)(=O)c1ccccc1. The van der Waals surface area contributed by atoms with Crippen LogP contribution in [0.3, 0.4) is 0 Å². The summed E-state index contributed by atoms with van der Waals surface area (Å²) >= 11 is 0. The van der Waals surface area contributed by atoms with Crippen LogP contribution in [0.4, 0.5) is 0 Å². The van der Waals surface area contributed by atoms with E-state index in [1.165, 1.54) is 0 Å².